The highest BCUT2D eigenvalue weighted by Gasteiger charge is 2.03. The number of benzene rings is 1. The number of aromatic nitrogens is 2. The van der Waals surface area contributed by atoms with Crippen molar-refractivity contribution in [1.29, 1.82) is 0 Å². The van der Waals surface area contributed by atoms with Gasteiger partial charge in [0.05, 0.1) is 6.54 Å². The number of aryl methyl sites for hydroxylation is 1. The molecular formula is C13H13N3O2. The SMILES string of the molecule is Cc1ccn(Cc2cccc(C(N)=O)c2)c(=O)n1. The van der Waals surface area contributed by atoms with E-state index in [4.69, 9.17) is 5.73 Å². The molecular weight excluding hydrogens is 230 g/mol. The monoisotopic (exact) mass is 243 g/mol. The Kier molecular flexibility index (Phi) is 3.23. The highest BCUT2D eigenvalue weighted by atomic mass is 16.1. The van der Waals surface area contributed by atoms with Crippen molar-refractivity contribution in [3.05, 3.63) is 63.8 Å². The van der Waals surface area contributed by atoms with Gasteiger partial charge in [0.2, 0.25) is 5.91 Å². The molecule has 0 aliphatic carbocycles. The summed E-state index contributed by atoms with van der Waals surface area (Å²) in [6.45, 7) is 2.13. The lowest BCUT2D eigenvalue weighted by atomic mass is 10.1. The number of nitrogens with two attached hydrogens (primary N) is 1. The number of hydrogen-bond acceptors (Lipinski definition) is 3. The van der Waals surface area contributed by atoms with Gasteiger partial charge < -0.3 is 5.73 Å². The van der Waals surface area contributed by atoms with E-state index in [1.54, 1.807) is 37.4 Å². The Balaban J connectivity index is 2.31. The van der Waals surface area contributed by atoms with E-state index in [2.05, 4.69) is 4.98 Å². The highest BCUT2D eigenvalue weighted by molar-refractivity contribution is 5.92. The predicted molar refractivity (Wildman–Crippen MR) is 67.3 cm³/mol. The number of amides is 1. The third-order valence-electron chi connectivity index (χ3n) is 2.58. The largest absolute Gasteiger partial charge is 0.366 e. The molecule has 0 aliphatic heterocycles. The molecule has 0 saturated carbocycles. The van der Waals surface area contributed by atoms with E-state index in [-0.39, 0.29) is 5.69 Å². The second-order valence-electron chi connectivity index (χ2n) is 4.04. The number of primary amides is 1. The Morgan fingerprint density at radius 2 is 2.17 bits per heavy atom. The summed E-state index contributed by atoms with van der Waals surface area (Å²) < 4.78 is 1.48. The molecule has 0 unspecified atom stereocenters. The average molecular weight is 243 g/mol. The van der Waals surface area contributed by atoms with Gasteiger partial charge in [-0.2, -0.15) is 4.98 Å². The van der Waals surface area contributed by atoms with Crippen LogP contribution in [0.3, 0.4) is 0 Å². The van der Waals surface area contributed by atoms with E-state index in [0.29, 0.717) is 17.8 Å². The summed E-state index contributed by atoms with van der Waals surface area (Å²) in [5.74, 6) is -0.480. The summed E-state index contributed by atoms with van der Waals surface area (Å²) in [4.78, 5) is 26.5. The molecule has 92 valence electrons. The van der Waals surface area contributed by atoms with Crippen LogP contribution in [0.15, 0.2) is 41.3 Å². The van der Waals surface area contributed by atoms with E-state index in [1.165, 1.54) is 4.57 Å². The Morgan fingerprint density at radius 1 is 1.39 bits per heavy atom. The van der Waals surface area contributed by atoms with Gasteiger partial charge in [0.15, 0.2) is 0 Å². The number of carbonyl (C=O) groups excluding carboxylic acids is 1. The van der Waals surface area contributed by atoms with Gasteiger partial charge >= 0.3 is 5.69 Å². The van der Waals surface area contributed by atoms with Gasteiger partial charge in [-0.15, -0.1) is 0 Å². The van der Waals surface area contributed by atoms with Crippen LogP contribution >= 0.6 is 0 Å². The summed E-state index contributed by atoms with van der Waals surface area (Å²) in [6, 6.07) is 8.65. The lowest BCUT2D eigenvalue weighted by molar-refractivity contribution is 0.1000. The molecule has 18 heavy (non-hydrogen) atoms. The minimum atomic E-state index is -0.480. The van der Waals surface area contributed by atoms with Crippen LogP contribution in [-0.2, 0) is 6.54 Å². The standard InChI is InChI=1S/C13H13N3O2/c1-9-5-6-16(13(18)15-9)8-10-3-2-4-11(7-10)12(14)17/h2-7H,8H2,1H3,(H2,14,17). The number of nitrogens with zero attached hydrogens (tertiary/aromatic N) is 2. The Morgan fingerprint density at radius 3 is 2.83 bits per heavy atom. The zero-order valence-corrected chi connectivity index (χ0v) is 9.96. The molecule has 0 radical (unpaired) electrons. The highest BCUT2D eigenvalue weighted by Crippen LogP contribution is 2.05. The molecule has 0 saturated heterocycles. The van der Waals surface area contributed by atoms with E-state index < -0.39 is 5.91 Å². The van der Waals surface area contributed by atoms with Crippen molar-refractivity contribution in [2.45, 2.75) is 13.5 Å². The first-order valence-electron chi connectivity index (χ1n) is 5.49. The quantitative estimate of drug-likeness (QED) is 0.861. The molecule has 5 heteroatoms. The van der Waals surface area contributed by atoms with Crippen molar-refractivity contribution in [3.8, 4) is 0 Å². The third kappa shape index (κ3) is 2.63. The molecule has 0 bridgehead atoms. The third-order valence-corrected chi connectivity index (χ3v) is 2.58. The smallest absolute Gasteiger partial charge is 0.348 e. The molecule has 5 nitrogen and oxygen atoms in total. The van der Waals surface area contributed by atoms with Crippen molar-refractivity contribution < 1.29 is 4.79 Å². The van der Waals surface area contributed by atoms with Crippen molar-refractivity contribution >= 4 is 5.91 Å². The fraction of sp³-hybridized carbons (Fsp3) is 0.154. The van der Waals surface area contributed by atoms with Crippen LogP contribution in [0, 0.1) is 6.92 Å². The van der Waals surface area contributed by atoms with E-state index in [9.17, 15) is 9.59 Å². The number of carbonyl (C=O) groups is 1. The predicted octanol–water partition coefficient (Wildman–Crippen LogP) is 0.699. The van der Waals surface area contributed by atoms with Crippen LogP contribution in [0.5, 0.6) is 0 Å². The molecule has 0 atom stereocenters. The van der Waals surface area contributed by atoms with Gasteiger partial charge in [-0.1, -0.05) is 12.1 Å². The summed E-state index contributed by atoms with van der Waals surface area (Å²) >= 11 is 0. The normalized spacial score (nSPS) is 10.3. The average Bonchev–Trinajstić information content (AvgIpc) is 2.33. The second kappa shape index (κ2) is 4.83. The molecule has 1 aromatic carbocycles. The van der Waals surface area contributed by atoms with Gasteiger partial charge in [-0.05, 0) is 30.7 Å². The number of rotatable bonds is 3. The van der Waals surface area contributed by atoms with Crippen LogP contribution in [0.2, 0.25) is 0 Å². The lowest BCUT2D eigenvalue weighted by Crippen LogP contribution is -2.23. The first-order chi connectivity index (χ1) is 8.56. The molecule has 2 N–H and O–H groups in total. The molecule has 0 spiro atoms. The molecule has 0 aliphatic rings. The molecule has 1 heterocycles. The summed E-state index contributed by atoms with van der Waals surface area (Å²) in [6.07, 6.45) is 1.68. The zero-order chi connectivity index (χ0) is 13.1. The van der Waals surface area contributed by atoms with E-state index in [0.717, 1.165) is 5.56 Å². The second-order valence-corrected chi connectivity index (χ2v) is 4.04. The summed E-state index contributed by atoms with van der Waals surface area (Å²) in [5.41, 5.74) is 6.85. The maximum absolute atomic E-state index is 11.6. The van der Waals surface area contributed by atoms with Crippen molar-refractivity contribution in [2.75, 3.05) is 0 Å². The van der Waals surface area contributed by atoms with E-state index >= 15 is 0 Å². The molecule has 1 amide bonds. The van der Waals surface area contributed by atoms with Crippen molar-refractivity contribution in [3.63, 3.8) is 0 Å². The van der Waals surface area contributed by atoms with Gasteiger partial charge in [0.25, 0.3) is 0 Å². The zero-order valence-electron chi connectivity index (χ0n) is 9.96. The minimum Gasteiger partial charge on any atom is -0.366 e. The van der Waals surface area contributed by atoms with Crippen molar-refractivity contribution in [1.82, 2.24) is 9.55 Å². The first-order valence-corrected chi connectivity index (χ1v) is 5.49. The summed E-state index contributed by atoms with van der Waals surface area (Å²) in [7, 11) is 0. The first kappa shape index (κ1) is 12.0. The fourth-order valence-corrected chi connectivity index (χ4v) is 1.65. The summed E-state index contributed by atoms with van der Waals surface area (Å²) in [5, 5.41) is 0. The van der Waals surface area contributed by atoms with Crippen LogP contribution in [0.25, 0.3) is 0 Å². The lowest BCUT2D eigenvalue weighted by Gasteiger charge is -2.06. The maximum Gasteiger partial charge on any atom is 0.348 e. The molecule has 2 rings (SSSR count). The van der Waals surface area contributed by atoms with Gasteiger partial charge in [0, 0.05) is 17.5 Å². The molecule has 0 fully saturated rings. The van der Waals surface area contributed by atoms with E-state index in [1.807, 2.05) is 6.07 Å². The van der Waals surface area contributed by atoms with Gasteiger partial charge in [-0.3, -0.25) is 9.36 Å². The Labute approximate surface area is 104 Å². The van der Waals surface area contributed by atoms with Crippen LogP contribution < -0.4 is 11.4 Å². The maximum atomic E-state index is 11.6. The Hall–Kier alpha value is -2.43. The van der Waals surface area contributed by atoms with Gasteiger partial charge in [0.1, 0.15) is 0 Å². The fourth-order valence-electron chi connectivity index (χ4n) is 1.65. The van der Waals surface area contributed by atoms with Crippen LogP contribution in [0.1, 0.15) is 21.6 Å². The minimum absolute atomic E-state index is 0.306. The van der Waals surface area contributed by atoms with Gasteiger partial charge in [-0.25, -0.2) is 4.79 Å². The number of hydrogen-bond donors (Lipinski definition) is 1. The van der Waals surface area contributed by atoms with Crippen LogP contribution in [0.4, 0.5) is 0 Å². The molecule has 2 aromatic rings. The Bertz CT molecular complexity index is 647. The van der Waals surface area contributed by atoms with Crippen LogP contribution in [-0.4, -0.2) is 15.5 Å². The topological polar surface area (TPSA) is 78.0 Å². The van der Waals surface area contributed by atoms with Crippen molar-refractivity contribution in [2.24, 2.45) is 5.73 Å². The molecule has 1 aromatic heterocycles.